The van der Waals surface area contributed by atoms with Crippen molar-refractivity contribution in [3.05, 3.63) is 27.7 Å². The summed E-state index contributed by atoms with van der Waals surface area (Å²) in [6.45, 7) is 0.617. The molecule has 1 aliphatic carbocycles. The lowest BCUT2D eigenvalue weighted by atomic mass is 9.85. The normalized spacial score (nSPS) is 15.6. The number of primary sulfonamides is 1. The van der Waals surface area contributed by atoms with Gasteiger partial charge in [0, 0.05) is 18.6 Å². The van der Waals surface area contributed by atoms with Crippen LogP contribution in [0.3, 0.4) is 0 Å². The summed E-state index contributed by atoms with van der Waals surface area (Å²) in [5.74, 6) is 0.133. The van der Waals surface area contributed by atoms with Gasteiger partial charge in [-0.25, -0.2) is 13.6 Å². The molecule has 0 heterocycles. The van der Waals surface area contributed by atoms with E-state index in [4.69, 9.17) is 28.3 Å². The highest BCUT2D eigenvalue weighted by Crippen LogP contribution is 2.31. The summed E-state index contributed by atoms with van der Waals surface area (Å²) in [6, 6.07) is 2.50. The number of nitrogens with zero attached hydrogens (tertiary/aromatic N) is 1. The van der Waals surface area contributed by atoms with Crippen LogP contribution in [0.1, 0.15) is 29.6 Å². The fourth-order valence-corrected chi connectivity index (χ4v) is 3.72. The van der Waals surface area contributed by atoms with Crippen LogP contribution in [-0.2, 0) is 10.0 Å². The monoisotopic (exact) mass is 350 g/mol. The summed E-state index contributed by atoms with van der Waals surface area (Å²) in [4.78, 5) is 13.6. The maximum Gasteiger partial charge on any atom is 0.255 e. The molecule has 0 aromatic heterocycles. The molecule has 1 aromatic carbocycles. The molecule has 0 atom stereocenters. The average Bonchev–Trinajstić information content (AvgIpc) is 2.33. The number of nitrogens with two attached hydrogens (primary N) is 1. The van der Waals surface area contributed by atoms with Gasteiger partial charge < -0.3 is 4.90 Å². The number of halogens is 2. The molecule has 0 aliphatic heterocycles. The van der Waals surface area contributed by atoms with E-state index in [-0.39, 0.29) is 26.4 Å². The third-order valence-electron chi connectivity index (χ3n) is 3.64. The standard InChI is InChI=1S/C13H16Cl2N2O3S/c1-17(7-8-3-2-4-8)13(18)10-5-9(14)6-11(12(10)15)21(16,19)20/h5-6,8H,2-4,7H2,1H3,(H2,16,19,20). The Morgan fingerprint density at radius 3 is 2.48 bits per heavy atom. The predicted molar refractivity (Wildman–Crippen MR) is 82.1 cm³/mol. The summed E-state index contributed by atoms with van der Waals surface area (Å²) in [5, 5.41) is 5.00. The van der Waals surface area contributed by atoms with Crippen LogP contribution in [0, 0.1) is 5.92 Å². The van der Waals surface area contributed by atoms with Crippen molar-refractivity contribution in [2.45, 2.75) is 24.2 Å². The van der Waals surface area contributed by atoms with Crippen molar-refractivity contribution < 1.29 is 13.2 Å². The smallest absolute Gasteiger partial charge is 0.255 e. The second-order valence-corrected chi connectivity index (χ2v) is 7.64. The van der Waals surface area contributed by atoms with Crippen LogP contribution in [0.25, 0.3) is 0 Å². The number of rotatable bonds is 4. The molecule has 0 spiro atoms. The van der Waals surface area contributed by atoms with Crippen LogP contribution < -0.4 is 5.14 Å². The lowest BCUT2D eigenvalue weighted by molar-refractivity contribution is 0.0745. The summed E-state index contributed by atoms with van der Waals surface area (Å²) in [6.07, 6.45) is 3.38. The summed E-state index contributed by atoms with van der Waals surface area (Å²) < 4.78 is 23.0. The zero-order valence-electron chi connectivity index (χ0n) is 11.5. The van der Waals surface area contributed by atoms with E-state index >= 15 is 0 Å². The third-order valence-corrected chi connectivity index (χ3v) is 5.32. The summed E-state index contributed by atoms with van der Waals surface area (Å²) in [5.41, 5.74) is 0.0509. The molecular weight excluding hydrogens is 335 g/mol. The minimum Gasteiger partial charge on any atom is -0.341 e. The Morgan fingerprint density at radius 2 is 2.00 bits per heavy atom. The molecule has 0 saturated heterocycles. The van der Waals surface area contributed by atoms with Crippen molar-refractivity contribution in [3.63, 3.8) is 0 Å². The van der Waals surface area contributed by atoms with Gasteiger partial charge >= 0.3 is 0 Å². The highest BCUT2D eigenvalue weighted by atomic mass is 35.5. The Kier molecular flexibility index (Phi) is 4.82. The number of amides is 1. The van der Waals surface area contributed by atoms with Gasteiger partial charge in [0.2, 0.25) is 10.0 Å². The quantitative estimate of drug-likeness (QED) is 0.905. The Bertz CT molecular complexity index is 672. The van der Waals surface area contributed by atoms with E-state index < -0.39 is 10.0 Å². The first kappa shape index (κ1) is 16.5. The fraction of sp³-hybridized carbons (Fsp3) is 0.462. The molecule has 0 bridgehead atoms. The van der Waals surface area contributed by atoms with Gasteiger partial charge in [0.25, 0.3) is 5.91 Å². The topological polar surface area (TPSA) is 80.5 Å². The van der Waals surface area contributed by atoms with Crippen molar-refractivity contribution >= 4 is 39.1 Å². The Morgan fingerprint density at radius 1 is 1.38 bits per heavy atom. The molecule has 1 fully saturated rings. The molecule has 21 heavy (non-hydrogen) atoms. The van der Waals surface area contributed by atoms with Crippen molar-refractivity contribution in [1.82, 2.24) is 4.90 Å². The molecule has 0 radical (unpaired) electrons. The molecule has 2 rings (SSSR count). The third kappa shape index (κ3) is 3.69. The average molecular weight is 351 g/mol. The molecular formula is C13H16Cl2N2O3S. The second-order valence-electron chi connectivity index (χ2n) is 5.29. The molecule has 1 amide bonds. The highest BCUT2D eigenvalue weighted by Gasteiger charge is 2.26. The molecule has 2 N–H and O–H groups in total. The first-order valence-corrected chi connectivity index (χ1v) is 8.77. The summed E-state index contributed by atoms with van der Waals surface area (Å²) >= 11 is 11.9. The molecule has 5 nitrogen and oxygen atoms in total. The lowest BCUT2D eigenvalue weighted by Crippen LogP contribution is -2.34. The summed E-state index contributed by atoms with van der Waals surface area (Å²) in [7, 11) is -2.38. The SMILES string of the molecule is CN(CC1CCC1)C(=O)c1cc(Cl)cc(S(N)(=O)=O)c1Cl. The molecule has 1 aliphatic rings. The molecule has 8 heteroatoms. The zero-order chi connectivity index (χ0) is 15.8. The fourth-order valence-electron chi connectivity index (χ4n) is 2.28. The number of hydrogen-bond donors (Lipinski definition) is 1. The van der Waals surface area contributed by atoms with Gasteiger partial charge in [-0.3, -0.25) is 4.79 Å². The van der Waals surface area contributed by atoms with Gasteiger partial charge in [0.05, 0.1) is 10.6 Å². The van der Waals surface area contributed by atoms with Crippen LogP contribution in [-0.4, -0.2) is 32.8 Å². The van der Waals surface area contributed by atoms with Gasteiger partial charge in [-0.15, -0.1) is 0 Å². The Hall–Kier alpha value is -0.820. The molecule has 116 valence electrons. The van der Waals surface area contributed by atoms with E-state index in [1.165, 1.54) is 17.4 Å². The minimum absolute atomic E-state index is 0.0509. The lowest BCUT2D eigenvalue weighted by Gasteiger charge is -2.30. The van der Waals surface area contributed by atoms with Crippen LogP contribution in [0.4, 0.5) is 0 Å². The van der Waals surface area contributed by atoms with E-state index in [2.05, 4.69) is 0 Å². The molecule has 1 saturated carbocycles. The largest absolute Gasteiger partial charge is 0.341 e. The van der Waals surface area contributed by atoms with Crippen LogP contribution >= 0.6 is 23.2 Å². The van der Waals surface area contributed by atoms with Crippen molar-refractivity contribution in [2.24, 2.45) is 11.1 Å². The van der Waals surface area contributed by atoms with Crippen molar-refractivity contribution in [1.29, 1.82) is 0 Å². The number of carbonyl (C=O) groups is 1. The van der Waals surface area contributed by atoms with E-state index in [1.54, 1.807) is 7.05 Å². The molecule has 0 unspecified atom stereocenters. The minimum atomic E-state index is -4.04. The maximum absolute atomic E-state index is 12.4. The first-order valence-electron chi connectivity index (χ1n) is 6.47. The van der Waals surface area contributed by atoms with Gasteiger partial charge in [-0.2, -0.15) is 0 Å². The first-order chi connectivity index (χ1) is 9.70. The number of carbonyl (C=O) groups excluding carboxylic acids is 1. The van der Waals surface area contributed by atoms with Gasteiger partial charge in [-0.05, 0) is 30.9 Å². The maximum atomic E-state index is 12.4. The van der Waals surface area contributed by atoms with E-state index in [0.29, 0.717) is 12.5 Å². The number of hydrogen-bond acceptors (Lipinski definition) is 3. The van der Waals surface area contributed by atoms with Crippen molar-refractivity contribution in [2.75, 3.05) is 13.6 Å². The van der Waals surface area contributed by atoms with Gasteiger partial charge in [-0.1, -0.05) is 29.6 Å². The van der Waals surface area contributed by atoms with Gasteiger partial charge in [0.1, 0.15) is 4.90 Å². The van der Waals surface area contributed by atoms with Crippen molar-refractivity contribution in [3.8, 4) is 0 Å². The number of benzene rings is 1. The van der Waals surface area contributed by atoms with Crippen LogP contribution in [0.2, 0.25) is 10.0 Å². The molecule has 1 aromatic rings. The van der Waals surface area contributed by atoms with E-state index in [1.807, 2.05) is 0 Å². The predicted octanol–water partition coefficient (Wildman–Crippen LogP) is 2.51. The highest BCUT2D eigenvalue weighted by molar-refractivity contribution is 7.89. The van der Waals surface area contributed by atoms with Gasteiger partial charge in [0.15, 0.2) is 0 Å². The van der Waals surface area contributed by atoms with Crippen LogP contribution in [0.15, 0.2) is 17.0 Å². The van der Waals surface area contributed by atoms with E-state index in [0.717, 1.165) is 18.9 Å². The zero-order valence-corrected chi connectivity index (χ0v) is 13.8. The van der Waals surface area contributed by atoms with Crippen LogP contribution in [0.5, 0.6) is 0 Å². The Labute approximate surface area is 134 Å². The number of sulfonamides is 1. The Balaban J connectivity index is 2.34. The van der Waals surface area contributed by atoms with E-state index in [9.17, 15) is 13.2 Å². The second kappa shape index (κ2) is 6.12.